The van der Waals surface area contributed by atoms with Gasteiger partial charge in [-0.1, -0.05) is 0 Å². The first-order valence-corrected chi connectivity index (χ1v) is 6.48. The van der Waals surface area contributed by atoms with Crippen LogP contribution in [0.25, 0.3) is 0 Å². The number of anilines is 2. The van der Waals surface area contributed by atoms with Crippen LogP contribution in [0, 0.1) is 6.92 Å². The summed E-state index contributed by atoms with van der Waals surface area (Å²) in [6.45, 7) is 4.49. The van der Waals surface area contributed by atoms with Crippen LogP contribution < -0.4 is 10.6 Å². The van der Waals surface area contributed by atoms with Crippen LogP contribution in [0.2, 0.25) is 0 Å². The highest BCUT2D eigenvalue weighted by atomic mass is 15.3. The number of fused-ring (bicyclic) bond motifs is 2. The number of likely N-dealkylation sites (N-methyl/N-ethyl adjacent to an activating group) is 1. The quantitative estimate of drug-likeness (QED) is 0.749. The van der Waals surface area contributed by atoms with Gasteiger partial charge in [-0.3, -0.25) is 4.90 Å². The molecule has 1 aromatic rings. The molecule has 0 aliphatic carbocycles. The topological polar surface area (TPSA) is 32.5 Å². The standard InChI is InChI=1S/C14H21N3/c1-10-7-11(15)3-6-14(10)17-8-12-4-5-13(9-17)16(12)2/h3,6-7,12-13H,4-5,8-9,15H2,1-2H3. The molecule has 3 rings (SSSR count). The molecule has 0 saturated carbocycles. The summed E-state index contributed by atoms with van der Waals surface area (Å²) < 4.78 is 0. The third kappa shape index (κ3) is 1.78. The molecule has 2 fully saturated rings. The lowest BCUT2D eigenvalue weighted by Gasteiger charge is -2.40. The van der Waals surface area contributed by atoms with E-state index < -0.39 is 0 Å². The van der Waals surface area contributed by atoms with Crippen molar-refractivity contribution in [3.05, 3.63) is 23.8 Å². The third-order valence-corrected chi connectivity index (χ3v) is 4.41. The summed E-state index contributed by atoms with van der Waals surface area (Å²) in [5.74, 6) is 0. The van der Waals surface area contributed by atoms with Crippen molar-refractivity contribution in [2.45, 2.75) is 31.8 Å². The molecule has 2 unspecified atom stereocenters. The monoisotopic (exact) mass is 231 g/mol. The molecular formula is C14H21N3. The summed E-state index contributed by atoms with van der Waals surface area (Å²) in [7, 11) is 2.27. The van der Waals surface area contributed by atoms with Crippen LogP contribution in [0.1, 0.15) is 18.4 Å². The Hall–Kier alpha value is -1.22. The summed E-state index contributed by atoms with van der Waals surface area (Å²) >= 11 is 0. The molecule has 2 aliphatic rings. The van der Waals surface area contributed by atoms with E-state index >= 15 is 0 Å². The number of benzene rings is 1. The number of rotatable bonds is 1. The zero-order valence-electron chi connectivity index (χ0n) is 10.7. The number of nitrogens with zero attached hydrogens (tertiary/aromatic N) is 2. The number of piperazine rings is 1. The highest BCUT2D eigenvalue weighted by Gasteiger charge is 2.37. The van der Waals surface area contributed by atoms with E-state index in [1.54, 1.807) is 0 Å². The largest absolute Gasteiger partial charge is 0.399 e. The van der Waals surface area contributed by atoms with E-state index in [1.165, 1.54) is 24.1 Å². The van der Waals surface area contributed by atoms with Gasteiger partial charge in [0.2, 0.25) is 0 Å². The van der Waals surface area contributed by atoms with E-state index in [0.29, 0.717) is 0 Å². The maximum atomic E-state index is 5.82. The zero-order chi connectivity index (χ0) is 12.0. The van der Waals surface area contributed by atoms with Gasteiger partial charge >= 0.3 is 0 Å². The summed E-state index contributed by atoms with van der Waals surface area (Å²) in [6.07, 6.45) is 2.71. The Morgan fingerprint density at radius 1 is 1.18 bits per heavy atom. The average molecular weight is 231 g/mol. The average Bonchev–Trinajstić information content (AvgIpc) is 2.52. The molecular weight excluding hydrogens is 210 g/mol. The Bertz CT molecular complexity index is 415. The molecule has 2 bridgehead atoms. The smallest absolute Gasteiger partial charge is 0.0398 e. The molecule has 2 aliphatic heterocycles. The van der Waals surface area contributed by atoms with Crippen LogP contribution in [-0.2, 0) is 0 Å². The van der Waals surface area contributed by atoms with Crippen molar-refractivity contribution in [2.75, 3.05) is 30.8 Å². The van der Waals surface area contributed by atoms with Gasteiger partial charge in [0.1, 0.15) is 0 Å². The highest BCUT2D eigenvalue weighted by molar-refractivity contribution is 5.59. The van der Waals surface area contributed by atoms with Gasteiger partial charge < -0.3 is 10.6 Å². The minimum atomic E-state index is 0.741. The second-order valence-corrected chi connectivity index (χ2v) is 5.50. The van der Waals surface area contributed by atoms with E-state index in [4.69, 9.17) is 5.73 Å². The lowest BCUT2D eigenvalue weighted by molar-refractivity contribution is 0.212. The number of nitrogens with two attached hydrogens (primary N) is 1. The van der Waals surface area contributed by atoms with Crippen molar-refractivity contribution in [1.82, 2.24) is 4.90 Å². The lowest BCUT2D eigenvalue weighted by atomic mass is 10.1. The van der Waals surface area contributed by atoms with Crippen LogP contribution in [0.4, 0.5) is 11.4 Å². The molecule has 2 N–H and O–H groups in total. The number of hydrogen-bond acceptors (Lipinski definition) is 3. The maximum absolute atomic E-state index is 5.82. The van der Waals surface area contributed by atoms with E-state index in [-0.39, 0.29) is 0 Å². The van der Waals surface area contributed by atoms with Gasteiger partial charge in [-0.2, -0.15) is 0 Å². The minimum absolute atomic E-state index is 0.741. The fraction of sp³-hybridized carbons (Fsp3) is 0.571. The Labute approximate surface area is 103 Å². The normalized spacial score (nSPS) is 28.7. The number of hydrogen-bond donors (Lipinski definition) is 1. The first-order valence-electron chi connectivity index (χ1n) is 6.48. The molecule has 2 heterocycles. The zero-order valence-corrected chi connectivity index (χ0v) is 10.7. The Morgan fingerprint density at radius 3 is 2.41 bits per heavy atom. The molecule has 1 aromatic carbocycles. The van der Waals surface area contributed by atoms with E-state index in [0.717, 1.165) is 30.9 Å². The molecule has 2 atom stereocenters. The van der Waals surface area contributed by atoms with Crippen LogP contribution in [0.15, 0.2) is 18.2 Å². The SMILES string of the molecule is Cc1cc(N)ccc1N1CC2CCC(C1)N2C. The van der Waals surface area contributed by atoms with Crippen LogP contribution >= 0.6 is 0 Å². The molecule has 92 valence electrons. The Balaban J connectivity index is 1.86. The summed E-state index contributed by atoms with van der Waals surface area (Å²) in [4.78, 5) is 5.10. The molecule has 0 radical (unpaired) electrons. The first kappa shape index (κ1) is 10.9. The fourth-order valence-corrected chi connectivity index (χ4v) is 3.34. The molecule has 3 heteroatoms. The van der Waals surface area contributed by atoms with Crippen LogP contribution in [0.5, 0.6) is 0 Å². The van der Waals surface area contributed by atoms with Gasteiger partial charge in [-0.25, -0.2) is 0 Å². The van der Waals surface area contributed by atoms with Gasteiger partial charge in [0.05, 0.1) is 0 Å². The summed E-state index contributed by atoms with van der Waals surface area (Å²) in [5, 5.41) is 0. The number of aryl methyl sites for hydroxylation is 1. The second-order valence-electron chi connectivity index (χ2n) is 5.50. The second kappa shape index (κ2) is 3.91. The third-order valence-electron chi connectivity index (χ3n) is 4.41. The maximum Gasteiger partial charge on any atom is 0.0398 e. The summed E-state index contributed by atoms with van der Waals surface area (Å²) in [6, 6.07) is 7.75. The van der Waals surface area contributed by atoms with E-state index in [1.807, 2.05) is 6.07 Å². The fourth-order valence-electron chi connectivity index (χ4n) is 3.34. The van der Waals surface area contributed by atoms with Crippen molar-refractivity contribution in [2.24, 2.45) is 0 Å². The van der Waals surface area contributed by atoms with Gasteiger partial charge in [0.25, 0.3) is 0 Å². The lowest BCUT2D eigenvalue weighted by Crippen LogP contribution is -2.52. The highest BCUT2D eigenvalue weighted by Crippen LogP contribution is 2.32. The van der Waals surface area contributed by atoms with Gasteiger partial charge in [0, 0.05) is 36.5 Å². The van der Waals surface area contributed by atoms with E-state index in [9.17, 15) is 0 Å². The molecule has 2 saturated heterocycles. The predicted molar refractivity (Wildman–Crippen MR) is 72.4 cm³/mol. The number of nitrogen functional groups attached to an aromatic ring is 1. The van der Waals surface area contributed by atoms with E-state index in [2.05, 4.69) is 35.9 Å². The summed E-state index contributed by atoms with van der Waals surface area (Å²) in [5.41, 5.74) is 9.35. The van der Waals surface area contributed by atoms with Crippen molar-refractivity contribution >= 4 is 11.4 Å². The molecule has 3 nitrogen and oxygen atoms in total. The van der Waals surface area contributed by atoms with Gasteiger partial charge in [0.15, 0.2) is 0 Å². The predicted octanol–water partition coefficient (Wildman–Crippen LogP) is 1.86. The molecule has 0 spiro atoms. The minimum Gasteiger partial charge on any atom is -0.399 e. The molecule has 0 amide bonds. The Morgan fingerprint density at radius 2 is 1.82 bits per heavy atom. The first-order chi connectivity index (χ1) is 8.15. The van der Waals surface area contributed by atoms with Gasteiger partial charge in [-0.15, -0.1) is 0 Å². The van der Waals surface area contributed by atoms with Crippen LogP contribution in [0.3, 0.4) is 0 Å². The van der Waals surface area contributed by atoms with Gasteiger partial charge in [-0.05, 0) is 50.6 Å². The van der Waals surface area contributed by atoms with Crippen molar-refractivity contribution in [3.8, 4) is 0 Å². The Kier molecular flexibility index (Phi) is 2.51. The molecule has 0 aromatic heterocycles. The van der Waals surface area contributed by atoms with Crippen molar-refractivity contribution in [3.63, 3.8) is 0 Å². The molecule has 17 heavy (non-hydrogen) atoms. The van der Waals surface area contributed by atoms with Crippen molar-refractivity contribution < 1.29 is 0 Å². The van der Waals surface area contributed by atoms with Crippen LogP contribution in [-0.4, -0.2) is 37.1 Å². The van der Waals surface area contributed by atoms with Crippen molar-refractivity contribution in [1.29, 1.82) is 0 Å².